The van der Waals surface area contributed by atoms with Gasteiger partial charge in [-0.25, -0.2) is 4.79 Å². The van der Waals surface area contributed by atoms with Crippen molar-refractivity contribution in [1.29, 1.82) is 0 Å². The lowest BCUT2D eigenvalue weighted by molar-refractivity contribution is 0.0697. The van der Waals surface area contributed by atoms with Gasteiger partial charge in [0.2, 0.25) is 0 Å². The molecule has 1 aromatic rings. The van der Waals surface area contributed by atoms with Gasteiger partial charge < -0.3 is 15.5 Å². The molecule has 3 N–H and O–H groups in total. The van der Waals surface area contributed by atoms with Crippen molar-refractivity contribution >= 4 is 27.6 Å². The Kier molecular flexibility index (Phi) is 5.43. The van der Waals surface area contributed by atoms with Crippen molar-refractivity contribution in [3.8, 4) is 0 Å². The number of carbonyl (C=O) groups is 1. The number of nitrogens with one attached hydrogen (secondary N) is 1. The van der Waals surface area contributed by atoms with E-state index in [0.717, 1.165) is 29.5 Å². The molecule has 0 heterocycles. The quantitative estimate of drug-likeness (QED) is 0.767. The van der Waals surface area contributed by atoms with Crippen molar-refractivity contribution in [3.05, 3.63) is 28.2 Å². The van der Waals surface area contributed by atoms with Gasteiger partial charge in [-0.1, -0.05) is 28.8 Å². The van der Waals surface area contributed by atoms with Crippen LogP contribution < -0.4 is 5.32 Å². The maximum absolute atomic E-state index is 11.0. The Morgan fingerprint density at radius 3 is 2.60 bits per heavy atom. The number of halogens is 1. The van der Waals surface area contributed by atoms with E-state index in [-0.39, 0.29) is 12.2 Å². The molecule has 1 fully saturated rings. The number of rotatable bonds is 5. The Bertz CT molecular complexity index is 478. The summed E-state index contributed by atoms with van der Waals surface area (Å²) in [5.41, 5.74) is 1.07. The van der Waals surface area contributed by atoms with E-state index in [1.165, 1.54) is 12.8 Å². The van der Waals surface area contributed by atoms with Gasteiger partial charge >= 0.3 is 5.97 Å². The standard InChI is InChI=1S/C15H20BrNO3/c16-13-5-12(15(19)20)6-14(7-13)17-8-10-3-1-2-4-11(10)9-18/h5-7,10-11,17-18H,1-4,8-9H2,(H,19,20). The van der Waals surface area contributed by atoms with Crippen LogP contribution in [0.1, 0.15) is 36.0 Å². The molecule has 5 heteroatoms. The minimum atomic E-state index is -0.930. The lowest BCUT2D eigenvalue weighted by Gasteiger charge is -2.30. The van der Waals surface area contributed by atoms with Crippen molar-refractivity contribution < 1.29 is 15.0 Å². The molecule has 0 aromatic heterocycles. The zero-order chi connectivity index (χ0) is 14.5. The molecule has 0 radical (unpaired) electrons. The first-order chi connectivity index (χ1) is 9.60. The topological polar surface area (TPSA) is 69.6 Å². The van der Waals surface area contributed by atoms with Crippen molar-refractivity contribution in [2.45, 2.75) is 25.7 Å². The number of carboxylic acids is 1. The second kappa shape index (κ2) is 7.09. The molecule has 2 unspecified atom stereocenters. The predicted molar refractivity (Wildman–Crippen MR) is 82.1 cm³/mol. The summed E-state index contributed by atoms with van der Waals surface area (Å²) in [6.45, 7) is 1.02. The van der Waals surface area contributed by atoms with Crippen LogP contribution in [0.3, 0.4) is 0 Å². The molecular weight excluding hydrogens is 322 g/mol. The molecule has 1 aromatic carbocycles. The molecule has 0 amide bonds. The highest BCUT2D eigenvalue weighted by Gasteiger charge is 2.24. The average Bonchev–Trinajstić information content (AvgIpc) is 2.44. The summed E-state index contributed by atoms with van der Waals surface area (Å²) < 4.78 is 0.752. The summed E-state index contributed by atoms with van der Waals surface area (Å²) in [6, 6.07) is 5.11. The molecule has 0 saturated heterocycles. The Labute approximate surface area is 127 Å². The van der Waals surface area contributed by atoms with Gasteiger partial charge in [-0.3, -0.25) is 0 Å². The second-order valence-electron chi connectivity index (χ2n) is 5.40. The number of aliphatic hydroxyl groups is 1. The predicted octanol–water partition coefficient (Wildman–Crippen LogP) is 3.36. The van der Waals surface area contributed by atoms with Gasteiger partial charge in [0.05, 0.1) is 5.56 Å². The highest BCUT2D eigenvalue weighted by atomic mass is 79.9. The van der Waals surface area contributed by atoms with E-state index in [1.54, 1.807) is 12.1 Å². The SMILES string of the molecule is O=C(O)c1cc(Br)cc(NCC2CCCCC2CO)c1. The van der Waals surface area contributed by atoms with Crippen LogP contribution in [-0.4, -0.2) is 29.3 Å². The number of hydrogen-bond donors (Lipinski definition) is 3. The Morgan fingerprint density at radius 1 is 1.25 bits per heavy atom. The van der Waals surface area contributed by atoms with Crippen LogP contribution in [0.25, 0.3) is 0 Å². The zero-order valence-corrected chi connectivity index (χ0v) is 12.9. The van der Waals surface area contributed by atoms with Crippen LogP contribution in [0.2, 0.25) is 0 Å². The van der Waals surface area contributed by atoms with Crippen LogP contribution in [-0.2, 0) is 0 Å². The van der Waals surface area contributed by atoms with E-state index in [4.69, 9.17) is 5.11 Å². The van der Waals surface area contributed by atoms with E-state index >= 15 is 0 Å². The Balaban J connectivity index is 2.01. The van der Waals surface area contributed by atoms with Gasteiger partial charge in [-0.05, 0) is 42.9 Å². The zero-order valence-electron chi connectivity index (χ0n) is 11.3. The second-order valence-corrected chi connectivity index (χ2v) is 6.32. The van der Waals surface area contributed by atoms with E-state index in [2.05, 4.69) is 21.2 Å². The van der Waals surface area contributed by atoms with Gasteiger partial charge in [0, 0.05) is 23.3 Å². The minimum absolute atomic E-state index is 0.241. The monoisotopic (exact) mass is 341 g/mol. The van der Waals surface area contributed by atoms with Crippen LogP contribution >= 0.6 is 15.9 Å². The fraction of sp³-hybridized carbons (Fsp3) is 0.533. The largest absolute Gasteiger partial charge is 0.478 e. The molecule has 2 rings (SSSR count). The van der Waals surface area contributed by atoms with E-state index in [9.17, 15) is 9.90 Å². The third-order valence-electron chi connectivity index (χ3n) is 4.01. The van der Waals surface area contributed by atoms with Crippen molar-refractivity contribution in [2.24, 2.45) is 11.8 Å². The maximum atomic E-state index is 11.0. The number of aromatic carboxylic acids is 1. The Hall–Kier alpha value is -1.07. The fourth-order valence-corrected chi connectivity index (χ4v) is 3.35. The van der Waals surface area contributed by atoms with Crippen LogP contribution in [0.5, 0.6) is 0 Å². The first-order valence-electron chi connectivity index (χ1n) is 6.98. The minimum Gasteiger partial charge on any atom is -0.478 e. The molecule has 1 saturated carbocycles. The molecule has 110 valence electrons. The van der Waals surface area contributed by atoms with Gasteiger partial charge in [0.25, 0.3) is 0 Å². The molecule has 1 aliphatic carbocycles. The number of anilines is 1. The summed E-state index contributed by atoms with van der Waals surface area (Å²) in [4.78, 5) is 11.0. The lowest BCUT2D eigenvalue weighted by Crippen LogP contribution is -2.28. The number of aliphatic hydroxyl groups excluding tert-OH is 1. The van der Waals surface area contributed by atoms with Gasteiger partial charge in [-0.15, -0.1) is 0 Å². The normalized spacial score (nSPS) is 22.5. The summed E-state index contributed by atoms with van der Waals surface area (Å²) in [5, 5.41) is 21.8. The van der Waals surface area contributed by atoms with Crippen molar-refractivity contribution in [3.63, 3.8) is 0 Å². The van der Waals surface area contributed by atoms with E-state index in [0.29, 0.717) is 11.8 Å². The lowest BCUT2D eigenvalue weighted by atomic mass is 9.79. The number of benzene rings is 1. The number of hydrogen-bond acceptors (Lipinski definition) is 3. The van der Waals surface area contributed by atoms with Crippen molar-refractivity contribution in [2.75, 3.05) is 18.5 Å². The highest BCUT2D eigenvalue weighted by Crippen LogP contribution is 2.30. The van der Waals surface area contributed by atoms with Gasteiger partial charge in [0.1, 0.15) is 0 Å². The Morgan fingerprint density at radius 2 is 1.95 bits per heavy atom. The van der Waals surface area contributed by atoms with E-state index < -0.39 is 5.97 Å². The first-order valence-corrected chi connectivity index (χ1v) is 7.78. The summed E-state index contributed by atoms with van der Waals surface area (Å²) >= 11 is 3.33. The molecule has 0 aliphatic heterocycles. The number of carboxylic acid groups (broad SMARTS) is 1. The van der Waals surface area contributed by atoms with Crippen LogP contribution in [0.4, 0.5) is 5.69 Å². The third-order valence-corrected chi connectivity index (χ3v) is 4.47. The fourth-order valence-electron chi connectivity index (χ4n) is 2.86. The highest BCUT2D eigenvalue weighted by molar-refractivity contribution is 9.10. The molecular formula is C15H20BrNO3. The smallest absolute Gasteiger partial charge is 0.335 e. The summed E-state index contributed by atoms with van der Waals surface area (Å²) in [7, 11) is 0. The van der Waals surface area contributed by atoms with Crippen molar-refractivity contribution in [1.82, 2.24) is 0 Å². The summed E-state index contributed by atoms with van der Waals surface area (Å²) in [5.74, 6) is -0.108. The van der Waals surface area contributed by atoms with Crippen LogP contribution in [0, 0.1) is 11.8 Å². The average molecular weight is 342 g/mol. The van der Waals surface area contributed by atoms with Gasteiger partial charge in [0.15, 0.2) is 0 Å². The third kappa shape index (κ3) is 3.96. The van der Waals surface area contributed by atoms with Crippen LogP contribution in [0.15, 0.2) is 22.7 Å². The maximum Gasteiger partial charge on any atom is 0.335 e. The molecule has 4 nitrogen and oxygen atoms in total. The summed E-state index contributed by atoms with van der Waals surface area (Å²) in [6.07, 6.45) is 4.61. The molecule has 0 bridgehead atoms. The van der Waals surface area contributed by atoms with E-state index in [1.807, 2.05) is 6.07 Å². The van der Waals surface area contributed by atoms with Gasteiger partial charge in [-0.2, -0.15) is 0 Å². The molecule has 0 spiro atoms. The molecule has 2 atom stereocenters. The molecule has 20 heavy (non-hydrogen) atoms. The first kappa shape index (κ1) is 15.3. The molecule has 1 aliphatic rings.